The molecule has 2 rings (SSSR count). The van der Waals surface area contributed by atoms with Crippen LogP contribution in [0.4, 0.5) is 0 Å². The summed E-state index contributed by atoms with van der Waals surface area (Å²) in [6.07, 6.45) is 2.08. The van der Waals surface area contributed by atoms with Crippen molar-refractivity contribution >= 4 is 0 Å². The van der Waals surface area contributed by atoms with Gasteiger partial charge in [0.15, 0.2) is 0 Å². The molecule has 0 saturated carbocycles. The van der Waals surface area contributed by atoms with Crippen molar-refractivity contribution in [2.24, 2.45) is 5.92 Å². The lowest BCUT2D eigenvalue weighted by atomic mass is 9.89. The van der Waals surface area contributed by atoms with Gasteiger partial charge in [-0.2, -0.15) is 0 Å². The average Bonchev–Trinajstić information content (AvgIpc) is 2.49. The Morgan fingerprint density at radius 1 is 1.05 bits per heavy atom. The molecule has 0 heterocycles. The Bertz CT molecular complexity index is 538. The zero-order chi connectivity index (χ0) is 15.1. The quantitative estimate of drug-likeness (QED) is 0.793. The maximum Gasteiger partial charge on any atom is 0.115 e. The van der Waals surface area contributed by atoms with Crippen LogP contribution in [0.2, 0.25) is 0 Å². The van der Waals surface area contributed by atoms with Crippen LogP contribution in [-0.2, 0) is 6.42 Å². The van der Waals surface area contributed by atoms with Crippen molar-refractivity contribution in [2.45, 2.75) is 32.7 Å². The molecule has 112 valence electrons. The van der Waals surface area contributed by atoms with E-state index in [9.17, 15) is 5.11 Å². The summed E-state index contributed by atoms with van der Waals surface area (Å²) in [6, 6.07) is 18.5. The first-order valence-corrected chi connectivity index (χ1v) is 7.77. The highest BCUT2D eigenvalue weighted by atomic mass is 16.3. The molecule has 0 fully saturated rings. The molecule has 2 atom stereocenters. The van der Waals surface area contributed by atoms with E-state index < -0.39 is 0 Å². The molecule has 0 saturated heterocycles. The van der Waals surface area contributed by atoms with Crippen LogP contribution in [0.1, 0.15) is 37.4 Å². The maximum absolute atomic E-state index is 9.61. The summed E-state index contributed by atoms with van der Waals surface area (Å²) in [5.41, 5.74) is 2.51. The Morgan fingerprint density at radius 3 is 2.48 bits per heavy atom. The molecule has 0 aliphatic heterocycles. The molecule has 2 heteroatoms. The number of phenols is 1. The minimum absolute atomic E-state index is 0.341. The standard InChI is InChI=1S/C19H25NO/c1-3-12-20-19(17-9-5-4-6-10-17)15(2)13-16-8-7-11-18(21)14-16/h4-11,14-15,19-21H,3,12-13H2,1-2H3. The third-order valence-corrected chi connectivity index (χ3v) is 3.81. The van der Waals surface area contributed by atoms with Gasteiger partial charge in [0.2, 0.25) is 0 Å². The molecule has 0 aliphatic carbocycles. The Morgan fingerprint density at radius 2 is 1.81 bits per heavy atom. The fourth-order valence-electron chi connectivity index (χ4n) is 2.78. The van der Waals surface area contributed by atoms with Gasteiger partial charge >= 0.3 is 0 Å². The average molecular weight is 283 g/mol. The summed E-state index contributed by atoms with van der Waals surface area (Å²) >= 11 is 0. The third-order valence-electron chi connectivity index (χ3n) is 3.81. The Labute approximate surface area is 127 Å². The van der Waals surface area contributed by atoms with E-state index in [0.717, 1.165) is 19.4 Å². The molecule has 2 unspecified atom stereocenters. The zero-order valence-corrected chi connectivity index (χ0v) is 12.9. The normalized spacial score (nSPS) is 13.8. The summed E-state index contributed by atoms with van der Waals surface area (Å²) < 4.78 is 0. The van der Waals surface area contributed by atoms with Crippen molar-refractivity contribution in [1.29, 1.82) is 0 Å². The lowest BCUT2D eigenvalue weighted by Gasteiger charge is -2.26. The van der Waals surface area contributed by atoms with Crippen molar-refractivity contribution < 1.29 is 5.11 Å². The lowest BCUT2D eigenvalue weighted by molar-refractivity contribution is 0.383. The smallest absolute Gasteiger partial charge is 0.115 e. The van der Waals surface area contributed by atoms with E-state index in [2.05, 4.69) is 55.6 Å². The summed E-state index contributed by atoms with van der Waals surface area (Å²) in [5, 5.41) is 13.3. The Hall–Kier alpha value is -1.80. The van der Waals surface area contributed by atoms with Crippen molar-refractivity contribution in [3.05, 3.63) is 65.7 Å². The molecular formula is C19H25NO. The summed E-state index contributed by atoms with van der Waals surface area (Å²) in [5.74, 6) is 0.804. The molecule has 21 heavy (non-hydrogen) atoms. The highest BCUT2D eigenvalue weighted by Crippen LogP contribution is 2.26. The molecule has 0 aromatic heterocycles. The molecule has 2 aromatic carbocycles. The van der Waals surface area contributed by atoms with Gasteiger partial charge < -0.3 is 10.4 Å². The van der Waals surface area contributed by atoms with Crippen LogP contribution in [0.3, 0.4) is 0 Å². The van der Waals surface area contributed by atoms with Gasteiger partial charge in [0.25, 0.3) is 0 Å². The van der Waals surface area contributed by atoms with Crippen molar-refractivity contribution in [1.82, 2.24) is 5.32 Å². The van der Waals surface area contributed by atoms with E-state index in [4.69, 9.17) is 0 Å². The summed E-state index contributed by atoms with van der Waals surface area (Å²) in [4.78, 5) is 0. The molecule has 2 nitrogen and oxygen atoms in total. The fourth-order valence-corrected chi connectivity index (χ4v) is 2.78. The Balaban J connectivity index is 2.12. The highest BCUT2D eigenvalue weighted by molar-refractivity contribution is 5.28. The molecule has 0 radical (unpaired) electrons. The minimum Gasteiger partial charge on any atom is -0.508 e. The number of hydrogen-bond donors (Lipinski definition) is 2. The van der Waals surface area contributed by atoms with Gasteiger partial charge in [0, 0.05) is 6.04 Å². The minimum atomic E-state index is 0.341. The molecular weight excluding hydrogens is 258 g/mol. The SMILES string of the molecule is CCCNC(c1ccccc1)C(C)Cc1cccc(O)c1. The van der Waals surface area contributed by atoms with Gasteiger partial charge in [0.05, 0.1) is 0 Å². The number of rotatable bonds is 7. The monoisotopic (exact) mass is 283 g/mol. The van der Waals surface area contributed by atoms with Gasteiger partial charge in [-0.15, -0.1) is 0 Å². The predicted octanol–water partition coefficient (Wildman–Crippen LogP) is 4.31. The molecule has 0 amide bonds. The van der Waals surface area contributed by atoms with Gasteiger partial charge in [-0.3, -0.25) is 0 Å². The number of nitrogens with one attached hydrogen (secondary N) is 1. The van der Waals surface area contributed by atoms with Gasteiger partial charge in [-0.25, -0.2) is 0 Å². The zero-order valence-electron chi connectivity index (χ0n) is 12.9. The molecule has 0 aliphatic rings. The second kappa shape index (κ2) is 7.84. The van der Waals surface area contributed by atoms with Crippen LogP contribution in [0, 0.1) is 5.92 Å². The first-order valence-electron chi connectivity index (χ1n) is 7.77. The largest absolute Gasteiger partial charge is 0.508 e. The van der Waals surface area contributed by atoms with E-state index in [1.807, 2.05) is 12.1 Å². The second-order valence-corrected chi connectivity index (χ2v) is 5.69. The first kappa shape index (κ1) is 15.6. The van der Waals surface area contributed by atoms with Crippen LogP contribution in [0.25, 0.3) is 0 Å². The molecule has 2 N–H and O–H groups in total. The van der Waals surface area contributed by atoms with Crippen LogP contribution in [0.5, 0.6) is 5.75 Å². The number of benzene rings is 2. The van der Waals surface area contributed by atoms with Crippen molar-refractivity contribution in [2.75, 3.05) is 6.54 Å². The molecule has 0 bridgehead atoms. The fraction of sp³-hybridized carbons (Fsp3) is 0.368. The number of phenolic OH excluding ortho intramolecular Hbond substituents is 1. The van der Waals surface area contributed by atoms with Crippen LogP contribution in [-0.4, -0.2) is 11.7 Å². The van der Waals surface area contributed by atoms with Crippen LogP contribution < -0.4 is 5.32 Å². The molecule has 2 aromatic rings. The lowest BCUT2D eigenvalue weighted by Crippen LogP contribution is -2.28. The Kier molecular flexibility index (Phi) is 5.82. The van der Waals surface area contributed by atoms with E-state index in [0.29, 0.717) is 17.7 Å². The summed E-state index contributed by atoms with van der Waals surface area (Å²) in [6.45, 7) is 5.48. The van der Waals surface area contributed by atoms with Gasteiger partial charge in [-0.05, 0) is 48.6 Å². The van der Waals surface area contributed by atoms with E-state index >= 15 is 0 Å². The third kappa shape index (κ3) is 4.61. The van der Waals surface area contributed by atoms with Crippen LogP contribution >= 0.6 is 0 Å². The van der Waals surface area contributed by atoms with E-state index in [1.165, 1.54) is 11.1 Å². The van der Waals surface area contributed by atoms with E-state index in [-0.39, 0.29) is 0 Å². The van der Waals surface area contributed by atoms with Crippen LogP contribution in [0.15, 0.2) is 54.6 Å². The van der Waals surface area contributed by atoms with Gasteiger partial charge in [0.1, 0.15) is 5.75 Å². The highest BCUT2D eigenvalue weighted by Gasteiger charge is 2.18. The maximum atomic E-state index is 9.61. The van der Waals surface area contributed by atoms with Crippen molar-refractivity contribution in [3.63, 3.8) is 0 Å². The second-order valence-electron chi connectivity index (χ2n) is 5.69. The number of hydrogen-bond acceptors (Lipinski definition) is 2. The topological polar surface area (TPSA) is 32.3 Å². The number of aromatic hydroxyl groups is 1. The van der Waals surface area contributed by atoms with E-state index in [1.54, 1.807) is 6.07 Å². The first-order chi connectivity index (χ1) is 10.2. The molecule has 0 spiro atoms. The summed E-state index contributed by atoms with van der Waals surface area (Å²) in [7, 11) is 0. The predicted molar refractivity (Wildman–Crippen MR) is 88.5 cm³/mol. The van der Waals surface area contributed by atoms with Gasteiger partial charge in [-0.1, -0.05) is 56.3 Å². The van der Waals surface area contributed by atoms with Crippen molar-refractivity contribution in [3.8, 4) is 5.75 Å².